The summed E-state index contributed by atoms with van der Waals surface area (Å²) in [6, 6.07) is 0. The monoisotopic (exact) mass is 107 g/mol. The second-order valence-electron chi connectivity index (χ2n) is 2.20. The maximum atomic E-state index is 5.34. The fraction of sp³-hybridized carbons (Fsp3) is 1.00. The Labute approximate surface area is 54.7 Å². The lowest BCUT2D eigenvalue weighted by molar-refractivity contribution is 0.863. The zero-order valence-corrected chi connectivity index (χ0v) is 5.85. The molecule has 0 aliphatic rings. The third-order valence-electron chi connectivity index (χ3n) is 1.26. The fourth-order valence-electron chi connectivity index (χ4n) is 0.783. The molecule has 0 nitrogen and oxygen atoms in total. The van der Waals surface area contributed by atoms with Crippen molar-refractivity contribution in [3.8, 4) is 0 Å². The molecule has 0 N–H and O–H groups in total. The molecule has 0 heterocycles. The minimum Gasteiger partial charge on any atom is -0.0891 e. The number of hydrogen-bond acceptors (Lipinski definition) is 0. The van der Waals surface area contributed by atoms with Crippen LogP contribution in [0.1, 0.15) is 20.3 Å². The Morgan fingerprint density at radius 3 is 2.62 bits per heavy atom. The van der Waals surface area contributed by atoms with Gasteiger partial charge in [-0.25, -0.2) is 0 Å². The molecule has 2 heteroatoms. The van der Waals surface area contributed by atoms with E-state index in [0.29, 0.717) is 5.82 Å². The van der Waals surface area contributed by atoms with Crippen molar-refractivity contribution in [3.05, 3.63) is 0 Å². The van der Waals surface area contributed by atoms with Crippen molar-refractivity contribution in [3.63, 3.8) is 0 Å². The van der Waals surface area contributed by atoms with Gasteiger partial charge in [-0.05, 0) is 0 Å². The maximum Gasteiger partial charge on any atom is 0.112 e. The molecule has 0 amide bonds. The van der Waals surface area contributed by atoms with Crippen LogP contribution >= 0.6 is 0 Å². The minimum absolute atomic E-state index is 0.713. The molecule has 0 spiro atoms. The molecular formula is C6H13B2. The van der Waals surface area contributed by atoms with Gasteiger partial charge in [0, 0.05) is 0 Å². The van der Waals surface area contributed by atoms with Crippen molar-refractivity contribution in [1.29, 1.82) is 0 Å². The molecule has 43 valence electrons. The van der Waals surface area contributed by atoms with E-state index in [1.807, 2.05) is 0 Å². The van der Waals surface area contributed by atoms with Crippen LogP contribution in [0.4, 0.5) is 0 Å². The number of rotatable bonds is 4. The largest absolute Gasteiger partial charge is 0.112 e. The van der Waals surface area contributed by atoms with Gasteiger partial charge < -0.3 is 0 Å². The molecule has 0 aliphatic carbocycles. The van der Waals surface area contributed by atoms with Gasteiger partial charge in [0.2, 0.25) is 0 Å². The van der Waals surface area contributed by atoms with Crippen LogP contribution in [-0.2, 0) is 0 Å². The maximum absolute atomic E-state index is 5.34. The summed E-state index contributed by atoms with van der Waals surface area (Å²) in [4.78, 5) is 0. The zero-order valence-electron chi connectivity index (χ0n) is 5.85. The van der Waals surface area contributed by atoms with Gasteiger partial charge in [-0.2, -0.15) is 0 Å². The third-order valence-corrected chi connectivity index (χ3v) is 1.26. The highest BCUT2D eigenvalue weighted by Crippen LogP contribution is 2.10. The fourth-order valence-corrected chi connectivity index (χ4v) is 0.783. The first-order chi connectivity index (χ1) is 3.81. The number of hydrogen-bond donors (Lipinski definition) is 0. The van der Waals surface area contributed by atoms with Crippen molar-refractivity contribution < 1.29 is 0 Å². The van der Waals surface area contributed by atoms with Crippen molar-refractivity contribution >= 4 is 15.1 Å². The molecule has 1 atom stereocenters. The van der Waals surface area contributed by atoms with Crippen LogP contribution in [0, 0.1) is 0 Å². The third kappa shape index (κ3) is 4.29. The lowest BCUT2D eigenvalue weighted by Crippen LogP contribution is -1.96. The van der Waals surface area contributed by atoms with Gasteiger partial charge in [0.15, 0.2) is 0 Å². The van der Waals surface area contributed by atoms with E-state index in [9.17, 15) is 0 Å². The average molecular weight is 107 g/mol. The van der Waals surface area contributed by atoms with Gasteiger partial charge in [-0.1, -0.05) is 38.7 Å². The zero-order chi connectivity index (χ0) is 6.41. The van der Waals surface area contributed by atoms with Crippen molar-refractivity contribution in [2.24, 2.45) is 0 Å². The summed E-state index contributed by atoms with van der Waals surface area (Å²) in [5.74, 6) is 0.713. The topological polar surface area (TPSA) is 0 Å². The van der Waals surface area contributed by atoms with E-state index < -0.39 is 0 Å². The Kier molecular flexibility index (Phi) is 5.36. The lowest BCUT2D eigenvalue weighted by atomic mass is 9.61. The Hall–Kier alpha value is 0.130. The van der Waals surface area contributed by atoms with Crippen LogP contribution in [0.2, 0.25) is 18.5 Å². The molecule has 0 aliphatic heterocycles. The van der Waals surface area contributed by atoms with Gasteiger partial charge in [0.25, 0.3) is 0 Å². The Bertz CT molecular complexity index is 39.8. The summed E-state index contributed by atoms with van der Waals surface area (Å²) in [7, 11) is 7.64. The highest BCUT2D eigenvalue weighted by atomic mass is 13.9. The van der Waals surface area contributed by atoms with Gasteiger partial charge in [0.05, 0.1) is 7.85 Å². The molecule has 0 saturated carbocycles. The minimum atomic E-state index is 0.713. The highest BCUT2D eigenvalue weighted by molar-refractivity contribution is 6.37. The van der Waals surface area contributed by atoms with Crippen LogP contribution < -0.4 is 0 Å². The van der Waals surface area contributed by atoms with E-state index in [0.717, 1.165) is 12.7 Å². The van der Waals surface area contributed by atoms with E-state index in [1.165, 1.54) is 6.32 Å². The first kappa shape index (κ1) is 8.13. The van der Waals surface area contributed by atoms with Gasteiger partial charge >= 0.3 is 0 Å². The Balaban J connectivity index is 2.92. The van der Waals surface area contributed by atoms with Gasteiger partial charge in [0.1, 0.15) is 7.28 Å². The van der Waals surface area contributed by atoms with Crippen molar-refractivity contribution in [2.75, 3.05) is 0 Å². The molecule has 3 radical (unpaired) electrons. The predicted octanol–water partition coefficient (Wildman–Crippen LogP) is 1.91. The van der Waals surface area contributed by atoms with Crippen LogP contribution in [0.5, 0.6) is 0 Å². The highest BCUT2D eigenvalue weighted by Gasteiger charge is 1.97. The van der Waals surface area contributed by atoms with E-state index in [-0.39, 0.29) is 0 Å². The van der Waals surface area contributed by atoms with Gasteiger partial charge in [-0.15, -0.1) is 0 Å². The summed E-state index contributed by atoms with van der Waals surface area (Å²) < 4.78 is 0. The molecule has 1 unspecified atom stereocenters. The summed E-state index contributed by atoms with van der Waals surface area (Å²) in [6.07, 6.45) is 3.12. The molecule has 0 aromatic carbocycles. The Morgan fingerprint density at radius 2 is 2.25 bits per heavy atom. The molecule has 0 rings (SSSR count). The quantitative estimate of drug-likeness (QED) is 0.481. The Morgan fingerprint density at radius 1 is 1.62 bits per heavy atom. The molecular weight excluding hydrogens is 93.7 g/mol. The van der Waals surface area contributed by atoms with Crippen LogP contribution in [0.3, 0.4) is 0 Å². The first-order valence-corrected chi connectivity index (χ1v) is 3.34. The van der Waals surface area contributed by atoms with E-state index in [4.69, 9.17) is 7.85 Å². The summed E-state index contributed by atoms with van der Waals surface area (Å²) >= 11 is 0. The average Bonchev–Trinajstić information content (AvgIpc) is 1.68. The smallest absolute Gasteiger partial charge is 0.0891 e. The molecule has 8 heavy (non-hydrogen) atoms. The van der Waals surface area contributed by atoms with Crippen molar-refractivity contribution in [1.82, 2.24) is 0 Å². The molecule has 0 bridgehead atoms. The second-order valence-corrected chi connectivity index (χ2v) is 2.20. The molecule has 0 aromatic rings. The summed E-state index contributed by atoms with van der Waals surface area (Å²) in [5, 5.41) is 0. The SMILES string of the molecule is [B]CCC(C)[B]CC. The molecule has 0 fully saturated rings. The van der Waals surface area contributed by atoms with Gasteiger partial charge in [-0.3, -0.25) is 0 Å². The lowest BCUT2D eigenvalue weighted by Gasteiger charge is -2.04. The van der Waals surface area contributed by atoms with Crippen LogP contribution in [0.15, 0.2) is 0 Å². The summed E-state index contributed by atoms with van der Waals surface area (Å²) in [6.45, 7) is 4.36. The standard InChI is InChI=1S/C6H13B2/c1-3-8-6(2)4-5-7/h6H,3-5H2,1-2H3. The first-order valence-electron chi connectivity index (χ1n) is 3.34. The second kappa shape index (κ2) is 5.27. The van der Waals surface area contributed by atoms with E-state index >= 15 is 0 Å². The summed E-state index contributed by atoms with van der Waals surface area (Å²) in [5.41, 5.74) is 0. The van der Waals surface area contributed by atoms with Crippen LogP contribution in [0.25, 0.3) is 0 Å². The molecule has 0 saturated heterocycles. The molecule has 0 aromatic heterocycles. The van der Waals surface area contributed by atoms with Crippen LogP contribution in [-0.4, -0.2) is 15.1 Å². The predicted molar refractivity (Wildman–Crippen MR) is 40.8 cm³/mol. The van der Waals surface area contributed by atoms with E-state index in [2.05, 4.69) is 21.1 Å². The normalized spacial score (nSPS) is 13.2. The van der Waals surface area contributed by atoms with E-state index in [1.54, 1.807) is 0 Å². The van der Waals surface area contributed by atoms with Crippen molar-refractivity contribution in [2.45, 2.75) is 38.7 Å².